The van der Waals surface area contributed by atoms with Crippen molar-refractivity contribution in [3.8, 4) is 0 Å². The molecule has 1 N–H and O–H groups in total. The van der Waals surface area contributed by atoms with Crippen LogP contribution in [0, 0.1) is 0 Å². The summed E-state index contributed by atoms with van der Waals surface area (Å²) in [4.78, 5) is 15.4. The number of rotatable bonds is 2. The molecule has 0 aromatic carbocycles. The lowest BCUT2D eigenvalue weighted by Gasteiger charge is -1.99. The number of carbonyl (C=O) groups is 1. The minimum absolute atomic E-state index is 0.354. The summed E-state index contributed by atoms with van der Waals surface area (Å²) < 4.78 is 1.36. The van der Waals surface area contributed by atoms with E-state index in [2.05, 4.69) is 20.6 Å². The van der Waals surface area contributed by atoms with Crippen LogP contribution in [0.4, 0.5) is 0 Å². The van der Waals surface area contributed by atoms with Gasteiger partial charge in [-0.15, -0.1) is 5.10 Å². The molecule has 1 amide bonds. The molecule has 1 aromatic heterocycles. The molecule has 0 spiro atoms. The largest absolute Gasteiger partial charge is 0.294 e. The number of nitrogens with one attached hydrogen (secondary N) is 1. The van der Waals surface area contributed by atoms with Gasteiger partial charge in [-0.1, -0.05) is 5.21 Å². The van der Waals surface area contributed by atoms with Crippen molar-refractivity contribution >= 4 is 5.91 Å². The highest BCUT2D eigenvalue weighted by Crippen LogP contribution is 1.91. The molecule has 0 saturated heterocycles. The van der Waals surface area contributed by atoms with Gasteiger partial charge in [-0.05, 0) is 0 Å². The highest BCUT2D eigenvalue weighted by molar-refractivity contribution is 5.91. The van der Waals surface area contributed by atoms with Crippen molar-refractivity contribution in [1.82, 2.24) is 20.5 Å². The quantitative estimate of drug-likeness (QED) is 0.564. The number of nitrogens with zero attached hydrogens (tertiary/aromatic N) is 3. The Hall–Kier alpha value is -1.43. The molecule has 1 heterocycles. The van der Waals surface area contributed by atoms with E-state index in [9.17, 15) is 4.79 Å². The third-order valence-corrected chi connectivity index (χ3v) is 1.14. The first-order chi connectivity index (χ1) is 5.25. The van der Waals surface area contributed by atoms with Crippen molar-refractivity contribution in [2.45, 2.75) is 0 Å². The first kappa shape index (κ1) is 7.67. The Morgan fingerprint density at radius 2 is 2.55 bits per heavy atom. The second kappa shape index (κ2) is 3.11. The van der Waals surface area contributed by atoms with E-state index in [-0.39, 0.29) is 5.91 Å². The fraction of sp³-hybridized carbons (Fsp3) is 0.400. The lowest BCUT2D eigenvalue weighted by atomic mass is 10.4. The molecule has 0 radical (unpaired) electrons. The fourth-order valence-corrected chi connectivity index (χ4v) is 0.640. The van der Waals surface area contributed by atoms with Crippen LogP contribution in [0.15, 0.2) is 6.20 Å². The maximum atomic E-state index is 11.0. The van der Waals surface area contributed by atoms with E-state index in [1.54, 1.807) is 7.05 Å². The molecule has 1 rings (SSSR count). The number of aryl methyl sites for hydroxylation is 1. The summed E-state index contributed by atoms with van der Waals surface area (Å²) in [5.41, 5.74) is 2.50. The van der Waals surface area contributed by atoms with Crippen molar-refractivity contribution in [2.75, 3.05) is 7.11 Å². The monoisotopic (exact) mass is 156 g/mol. The van der Waals surface area contributed by atoms with Crippen LogP contribution >= 0.6 is 0 Å². The Morgan fingerprint density at radius 1 is 1.82 bits per heavy atom. The first-order valence-corrected chi connectivity index (χ1v) is 2.93. The zero-order chi connectivity index (χ0) is 8.27. The molecule has 0 atom stereocenters. The standard InChI is InChI=1S/C5H8N4O2/c1-9-4(3-6-8-9)5(10)7-11-2/h3H,1-2H3,(H,7,10). The molecule has 0 fully saturated rings. The molecule has 0 aliphatic carbocycles. The molecular formula is C5H8N4O2. The van der Waals surface area contributed by atoms with Crippen molar-refractivity contribution in [1.29, 1.82) is 0 Å². The topological polar surface area (TPSA) is 69.0 Å². The highest BCUT2D eigenvalue weighted by Gasteiger charge is 2.08. The summed E-state index contributed by atoms with van der Waals surface area (Å²) >= 11 is 0. The second-order valence-electron chi connectivity index (χ2n) is 1.88. The van der Waals surface area contributed by atoms with Crippen LogP contribution < -0.4 is 5.48 Å². The van der Waals surface area contributed by atoms with Gasteiger partial charge in [-0.3, -0.25) is 9.63 Å². The predicted octanol–water partition coefficient (Wildman–Crippen LogP) is -0.894. The molecule has 11 heavy (non-hydrogen) atoms. The van der Waals surface area contributed by atoms with Gasteiger partial charge in [-0.2, -0.15) is 0 Å². The Balaban J connectivity index is 2.76. The molecule has 6 nitrogen and oxygen atoms in total. The van der Waals surface area contributed by atoms with Gasteiger partial charge in [0, 0.05) is 7.05 Å². The molecule has 6 heteroatoms. The maximum absolute atomic E-state index is 11.0. The maximum Gasteiger partial charge on any atom is 0.294 e. The van der Waals surface area contributed by atoms with Gasteiger partial charge in [0.2, 0.25) is 0 Å². The van der Waals surface area contributed by atoms with E-state index < -0.39 is 0 Å². The summed E-state index contributed by atoms with van der Waals surface area (Å²) in [5.74, 6) is -0.361. The van der Waals surface area contributed by atoms with Gasteiger partial charge in [0.1, 0.15) is 5.69 Å². The van der Waals surface area contributed by atoms with Gasteiger partial charge in [0.25, 0.3) is 5.91 Å². The van der Waals surface area contributed by atoms with Crippen LogP contribution in [0.5, 0.6) is 0 Å². The fourth-order valence-electron chi connectivity index (χ4n) is 0.640. The van der Waals surface area contributed by atoms with Crippen LogP contribution in [-0.2, 0) is 11.9 Å². The summed E-state index contributed by atoms with van der Waals surface area (Å²) in [6.45, 7) is 0. The minimum atomic E-state index is -0.361. The van der Waals surface area contributed by atoms with Gasteiger partial charge in [0.05, 0.1) is 13.3 Å². The van der Waals surface area contributed by atoms with E-state index in [1.165, 1.54) is 18.0 Å². The molecule has 0 aliphatic rings. The van der Waals surface area contributed by atoms with Crippen LogP contribution in [-0.4, -0.2) is 28.0 Å². The van der Waals surface area contributed by atoms with Gasteiger partial charge < -0.3 is 0 Å². The van der Waals surface area contributed by atoms with Crippen molar-refractivity contribution in [3.63, 3.8) is 0 Å². The van der Waals surface area contributed by atoms with Crippen LogP contribution in [0.3, 0.4) is 0 Å². The van der Waals surface area contributed by atoms with E-state index in [0.29, 0.717) is 5.69 Å². The van der Waals surface area contributed by atoms with Crippen LogP contribution in [0.25, 0.3) is 0 Å². The number of amides is 1. The summed E-state index contributed by atoms with van der Waals surface area (Å²) in [6, 6.07) is 0. The normalized spacial score (nSPS) is 9.64. The number of hydrogen-bond acceptors (Lipinski definition) is 4. The zero-order valence-electron chi connectivity index (χ0n) is 6.24. The van der Waals surface area contributed by atoms with Crippen LogP contribution in [0.1, 0.15) is 10.5 Å². The summed E-state index contributed by atoms with van der Waals surface area (Å²) in [6.07, 6.45) is 1.36. The van der Waals surface area contributed by atoms with E-state index in [0.717, 1.165) is 0 Å². The molecule has 0 saturated carbocycles. The third kappa shape index (κ3) is 1.53. The third-order valence-electron chi connectivity index (χ3n) is 1.14. The molecule has 60 valence electrons. The summed E-state index contributed by atoms with van der Waals surface area (Å²) in [5, 5.41) is 7.09. The molecule has 0 unspecified atom stereocenters. The highest BCUT2D eigenvalue weighted by atomic mass is 16.6. The average molecular weight is 156 g/mol. The van der Waals surface area contributed by atoms with Crippen LogP contribution in [0.2, 0.25) is 0 Å². The van der Waals surface area contributed by atoms with Gasteiger partial charge >= 0.3 is 0 Å². The molecule has 0 bridgehead atoms. The number of hydrogen-bond donors (Lipinski definition) is 1. The Labute approximate surface area is 63.1 Å². The second-order valence-corrected chi connectivity index (χ2v) is 1.88. The number of aromatic nitrogens is 3. The SMILES string of the molecule is CONC(=O)c1cnnn1C. The predicted molar refractivity (Wildman–Crippen MR) is 35.5 cm³/mol. The van der Waals surface area contributed by atoms with E-state index >= 15 is 0 Å². The Morgan fingerprint density at radius 3 is 3.00 bits per heavy atom. The average Bonchev–Trinajstić information content (AvgIpc) is 2.36. The van der Waals surface area contributed by atoms with Crippen molar-refractivity contribution < 1.29 is 9.63 Å². The van der Waals surface area contributed by atoms with Gasteiger partial charge in [-0.25, -0.2) is 10.2 Å². The van der Waals surface area contributed by atoms with E-state index in [1.807, 2.05) is 0 Å². The van der Waals surface area contributed by atoms with Crippen molar-refractivity contribution in [3.05, 3.63) is 11.9 Å². The molecular weight excluding hydrogens is 148 g/mol. The molecule has 1 aromatic rings. The number of carbonyl (C=O) groups excluding carboxylic acids is 1. The zero-order valence-corrected chi connectivity index (χ0v) is 6.24. The molecule has 0 aliphatic heterocycles. The smallest absolute Gasteiger partial charge is 0.277 e. The minimum Gasteiger partial charge on any atom is -0.277 e. The number of hydroxylamine groups is 1. The van der Waals surface area contributed by atoms with E-state index in [4.69, 9.17) is 0 Å². The van der Waals surface area contributed by atoms with Gasteiger partial charge in [0.15, 0.2) is 0 Å². The Bertz CT molecular complexity index is 257. The lowest BCUT2D eigenvalue weighted by Crippen LogP contribution is -2.24. The summed E-state index contributed by atoms with van der Waals surface area (Å²) in [7, 11) is 2.99. The first-order valence-electron chi connectivity index (χ1n) is 2.93. The van der Waals surface area contributed by atoms with Crippen molar-refractivity contribution in [2.24, 2.45) is 7.05 Å². The lowest BCUT2D eigenvalue weighted by molar-refractivity contribution is 0.0528. The Kier molecular flexibility index (Phi) is 2.17.